The maximum Gasteiger partial charge on any atom is 0.230 e. The molecule has 6 heteroatoms. The fraction of sp³-hybridized carbons (Fsp3) is 0.250. The number of hydrogen-bond acceptors (Lipinski definition) is 6. The third kappa shape index (κ3) is 3.10. The Morgan fingerprint density at radius 3 is 2.39 bits per heavy atom. The van der Waals surface area contributed by atoms with E-state index in [0.29, 0.717) is 17.1 Å². The van der Waals surface area contributed by atoms with Gasteiger partial charge < -0.3 is 10.2 Å². The van der Waals surface area contributed by atoms with Crippen LogP contribution in [0.25, 0.3) is 0 Å². The molecule has 1 aromatic carbocycles. The van der Waals surface area contributed by atoms with E-state index in [2.05, 4.69) is 20.3 Å². The van der Waals surface area contributed by atoms with Gasteiger partial charge in [0.15, 0.2) is 5.16 Å². The van der Waals surface area contributed by atoms with Crippen LogP contribution < -0.4 is 10.2 Å². The van der Waals surface area contributed by atoms with E-state index in [9.17, 15) is 0 Å². The predicted molar refractivity (Wildman–Crippen MR) is 74.3 cm³/mol. The van der Waals surface area contributed by atoms with E-state index in [0.717, 1.165) is 4.90 Å². The van der Waals surface area contributed by atoms with Crippen LogP contribution in [-0.2, 0) is 0 Å². The second-order valence-electron chi connectivity index (χ2n) is 3.80. The lowest BCUT2D eigenvalue weighted by Crippen LogP contribution is -2.15. The molecule has 0 unspecified atom stereocenters. The summed E-state index contributed by atoms with van der Waals surface area (Å²) in [5.74, 6) is 1.22. The average molecular weight is 261 g/mol. The Morgan fingerprint density at radius 2 is 1.78 bits per heavy atom. The lowest BCUT2D eigenvalue weighted by Gasteiger charge is -2.12. The largest absolute Gasteiger partial charge is 0.357 e. The quantitative estimate of drug-likeness (QED) is 0.910. The highest BCUT2D eigenvalue weighted by atomic mass is 32.2. The number of nitrogens with zero attached hydrogens (tertiary/aromatic N) is 4. The summed E-state index contributed by atoms with van der Waals surface area (Å²) >= 11 is 1.52. The zero-order valence-electron chi connectivity index (χ0n) is 10.6. The highest BCUT2D eigenvalue weighted by molar-refractivity contribution is 7.99. The van der Waals surface area contributed by atoms with Crippen molar-refractivity contribution in [2.24, 2.45) is 0 Å². The number of aromatic nitrogens is 3. The molecule has 2 rings (SSSR count). The Balaban J connectivity index is 2.30. The highest BCUT2D eigenvalue weighted by Gasteiger charge is 2.08. The molecule has 5 nitrogen and oxygen atoms in total. The van der Waals surface area contributed by atoms with Gasteiger partial charge in [-0.3, -0.25) is 0 Å². The summed E-state index contributed by atoms with van der Waals surface area (Å²) in [6.45, 7) is 0. The van der Waals surface area contributed by atoms with Crippen LogP contribution in [0.1, 0.15) is 0 Å². The summed E-state index contributed by atoms with van der Waals surface area (Å²) in [7, 11) is 5.61. The fourth-order valence-electron chi connectivity index (χ4n) is 1.30. The van der Waals surface area contributed by atoms with Gasteiger partial charge in [0.1, 0.15) is 0 Å². The molecule has 2 aromatic rings. The molecule has 0 atom stereocenters. The summed E-state index contributed by atoms with van der Waals surface area (Å²) in [6, 6.07) is 10.0. The van der Waals surface area contributed by atoms with Crippen molar-refractivity contribution in [3.05, 3.63) is 30.3 Å². The molecule has 0 radical (unpaired) electrons. The van der Waals surface area contributed by atoms with E-state index in [1.165, 1.54) is 11.8 Å². The van der Waals surface area contributed by atoms with Gasteiger partial charge in [0.05, 0.1) is 0 Å². The van der Waals surface area contributed by atoms with E-state index in [1.54, 1.807) is 7.05 Å². The second-order valence-corrected chi connectivity index (χ2v) is 4.84. The Bertz CT molecular complexity index is 515. The van der Waals surface area contributed by atoms with Gasteiger partial charge in [0, 0.05) is 26.0 Å². The molecule has 1 aromatic heterocycles. The smallest absolute Gasteiger partial charge is 0.230 e. The Kier molecular flexibility index (Phi) is 3.99. The SMILES string of the molecule is CNc1nc(Sc2ccccc2)nc(N(C)C)n1. The minimum Gasteiger partial charge on any atom is -0.357 e. The van der Waals surface area contributed by atoms with Crippen LogP contribution in [0.15, 0.2) is 40.4 Å². The molecule has 0 spiro atoms. The zero-order valence-corrected chi connectivity index (χ0v) is 11.4. The molecule has 0 aliphatic rings. The van der Waals surface area contributed by atoms with Crippen molar-refractivity contribution in [1.29, 1.82) is 0 Å². The number of rotatable bonds is 4. The van der Waals surface area contributed by atoms with Gasteiger partial charge in [0.25, 0.3) is 0 Å². The lowest BCUT2D eigenvalue weighted by molar-refractivity contribution is 0.870. The minimum absolute atomic E-state index is 0.576. The predicted octanol–water partition coefficient (Wildman–Crippen LogP) is 2.13. The van der Waals surface area contributed by atoms with Crippen molar-refractivity contribution in [3.8, 4) is 0 Å². The molecular formula is C12H15N5S. The lowest BCUT2D eigenvalue weighted by atomic mass is 10.4. The summed E-state index contributed by atoms with van der Waals surface area (Å²) < 4.78 is 0. The summed E-state index contributed by atoms with van der Waals surface area (Å²) in [5.41, 5.74) is 0. The van der Waals surface area contributed by atoms with Crippen LogP contribution in [-0.4, -0.2) is 36.1 Å². The van der Waals surface area contributed by atoms with Gasteiger partial charge in [0.2, 0.25) is 11.9 Å². The van der Waals surface area contributed by atoms with Crippen molar-refractivity contribution in [2.75, 3.05) is 31.4 Å². The first-order chi connectivity index (χ1) is 8.69. The first-order valence-corrected chi connectivity index (χ1v) is 6.35. The van der Waals surface area contributed by atoms with Gasteiger partial charge in [-0.05, 0) is 23.9 Å². The number of anilines is 2. The van der Waals surface area contributed by atoms with E-state index in [-0.39, 0.29) is 0 Å². The van der Waals surface area contributed by atoms with Gasteiger partial charge in [-0.2, -0.15) is 15.0 Å². The van der Waals surface area contributed by atoms with Crippen molar-refractivity contribution in [1.82, 2.24) is 15.0 Å². The molecular weight excluding hydrogens is 246 g/mol. The standard InChI is InChI=1S/C12H15N5S/c1-13-10-14-11(17(2)3)16-12(15-10)18-9-7-5-4-6-8-9/h4-8H,1-3H3,(H,13,14,15,16). The molecule has 0 aliphatic carbocycles. The number of benzene rings is 1. The normalized spacial score (nSPS) is 10.2. The number of hydrogen-bond donors (Lipinski definition) is 1. The van der Waals surface area contributed by atoms with Crippen LogP contribution in [0.2, 0.25) is 0 Å². The third-order valence-corrected chi connectivity index (χ3v) is 3.05. The fourth-order valence-corrected chi connectivity index (χ4v) is 2.06. The molecule has 0 bridgehead atoms. The maximum atomic E-state index is 4.40. The van der Waals surface area contributed by atoms with Crippen LogP contribution in [0.5, 0.6) is 0 Å². The summed E-state index contributed by atoms with van der Waals surface area (Å²) in [6.07, 6.45) is 0. The van der Waals surface area contributed by atoms with Gasteiger partial charge in [-0.15, -0.1) is 0 Å². The monoisotopic (exact) mass is 261 g/mol. The highest BCUT2D eigenvalue weighted by Crippen LogP contribution is 2.25. The van der Waals surface area contributed by atoms with E-state index in [1.807, 2.05) is 49.3 Å². The molecule has 1 heterocycles. The van der Waals surface area contributed by atoms with Crippen molar-refractivity contribution < 1.29 is 0 Å². The second kappa shape index (κ2) is 5.68. The molecule has 0 aliphatic heterocycles. The minimum atomic E-state index is 0.576. The van der Waals surface area contributed by atoms with Crippen LogP contribution in [0, 0.1) is 0 Å². The Hall–Kier alpha value is -1.82. The third-order valence-electron chi connectivity index (χ3n) is 2.18. The number of nitrogens with one attached hydrogen (secondary N) is 1. The topological polar surface area (TPSA) is 53.9 Å². The Morgan fingerprint density at radius 1 is 1.06 bits per heavy atom. The van der Waals surface area contributed by atoms with Crippen LogP contribution in [0.4, 0.5) is 11.9 Å². The maximum absolute atomic E-state index is 4.40. The zero-order chi connectivity index (χ0) is 13.0. The molecule has 0 saturated carbocycles. The van der Waals surface area contributed by atoms with Gasteiger partial charge in [-0.1, -0.05) is 18.2 Å². The van der Waals surface area contributed by atoms with Crippen LogP contribution >= 0.6 is 11.8 Å². The Labute approximate surface area is 111 Å². The average Bonchev–Trinajstić information content (AvgIpc) is 2.39. The molecule has 94 valence electrons. The summed E-state index contributed by atoms with van der Waals surface area (Å²) in [4.78, 5) is 16.0. The van der Waals surface area contributed by atoms with E-state index >= 15 is 0 Å². The molecule has 0 fully saturated rings. The van der Waals surface area contributed by atoms with Crippen molar-refractivity contribution >= 4 is 23.7 Å². The van der Waals surface area contributed by atoms with Gasteiger partial charge in [-0.25, -0.2) is 0 Å². The molecule has 1 N–H and O–H groups in total. The molecule has 0 amide bonds. The summed E-state index contributed by atoms with van der Waals surface area (Å²) in [5, 5.41) is 3.63. The van der Waals surface area contributed by atoms with Gasteiger partial charge >= 0.3 is 0 Å². The van der Waals surface area contributed by atoms with Crippen molar-refractivity contribution in [2.45, 2.75) is 10.1 Å². The molecule has 0 saturated heterocycles. The first-order valence-electron chi connectivity index (χ1n) is 5.53. The van der Waals surface area contributed by atoms with E-state index < -0.39 is 0 Å². The molecule has 18 heavy (non-hydrogen) atoms. The van der Waals surface area contributed by atoms with Crippen LogP contribution in [0.3, 0.4) is 0 Å². The first kappa shape index (κ1) is 12.6. The van der Waals surface area contributed by atoms with E-state index in [4.69, 9.17) is 0 Å². The van der Waals surface area contributed by atoms with Crippen molar-refractivity contribution in [3.63, 3.8) is 0 Å².